The Kier molecular flexibility index (Phi) is 6.04. The molecule has 102 valence electrons. The highest BCUT2D eigenvalue weighted by Crippen LogP contribution is 2.12. The van der Waals surface area contributed by atoms with Gasteiger partial charge in [0.05, 0.1) is 5.56 Å². The highest BCUT2D eigenvalue weighted by molar-refractivity contribution is 5.94. The maximum absolute atomic E-state index is 12.4. The van der Waals surface area contributed by atoms with Crippen molar-refractivity contribution in [2.45, 2.75) is 32.7 Å². The fraction of sp³-hybridized carbons (Fsp3) is 0.467. The van der Waals surface area contributed by atoms with Crippen LogP contribution in [0.25, 0.3) is 0 Å². The molecule has 0 aliphatic carbocycles. The molecular weight excluding hydrogens is 240 g/mol. The van der Waals surface area contributed by atoms with Crippen molar-refractivity contribution < 1.29 is 9.90 Å². The number of aromatic nitrogens is 1. The third kappa shape index (κ3) is 3.80. The summed E-state index contributed by atoms with van der Waals surface area (Å²) in [7, 11) is 1.79. The van der Waals surface area contributed by atoms with Crippen molar-refractivity contribution >= 4 is 5.91 Å². The van der Waals surface area contributed by atoms with Crippen molar-refractivity contribution in [3.63, 3.8) is 0 Å². The van der Waals surface area contributed by atoms with Crippen molar-refractivity contribution in [2.24, 2.45) is 0 Å². The van der Waals surface area contributed by atoms with E-state index in [1.54, 1.807) is 30.3 Å². The van der Waals surface area contributed by atoms with Crippen molar-refractivity contribution in [1.29, 1.82) is 0 Å². The van der Waals surface area contributed by atoms with Gasteiger partial charge in [0.25, 0.3) is 5.91 Å². The summed E-state index contributed by atoms with van der Waals surface area (Å²) in [5.41, 5.74) is 0.900. The average Bonchev–Trinajstić information content (AvgIpc) is 2.45. The molecule has 4 nitrogen and oxygen atoms in total. The minimum atomic E-state index is -0.231. The van der Waals surface area contributed by atoms with Crippen molar-refractivity contribution in [3.05, 3.63) is 29.6 Å². The lowest BCUT2D eigenvalue weighted by molar-refractivity contribution is 0.0717. The number of carbonyl (C=O) groups is 1. The van der Waals surface area contributed by atoms with Crippen LogP contribution in [0.3, 0.4) is 0 Å². The lowest BCUT2D eigenvalue weighted by atomic mass is 10.1. The first-order valence-corrected chi connectivity index (χ1v) is 6.47. The molecule has 0 saturated carbocycles. The van der Waals surface area contributed by atoms with Gasteiger partial charge < -0.3 is 10.0 Å². The molecule has 1 heterocycles. The van der Waals surface area contributed by atoms with E-state index in [1.807, 2.05) is 0 Å². The maximum atomic E-state index is 12.4. The lowest BCUT2D eigenvalue weighted by Crippen LogP contribution is -2.37. The van der Waals surface area contributed by atoms with Crippen LogP contribution in [-0.4, -0.2) is 40.6 Å². The smallest absolute Gasteiger partial charge is 0.273 e. The number of nitrogens with zero attached hydrogens (tertiary/aromatic N) is 2. The maximum Gasteiger partial charge on any atom is 0.273 e. The summed E-state index contributed by atoms with van der Waals surface area (Å²) in [5, 5.41) is 8.74. The molecule has 1 aromatic heterocycles. The Bertz CT molecular complexity index is 484. The van der Waals surface area contributed by atoms with Gasteiger partial charge in [0.2, 0.25) is 0 Å². The summed E-state index contributed by atoms with van der Waals surface area (Å²) in [5.74, 6) is 5.19. The third-order valence-corrected chi connectivity index (χ3v) is 3.12. The standard InChI is InChI=1S/C15H20N2O2/c1-4-13(5-2)17(3)15(19)14-12(9-7-11-18)8-6-10-16-14/h6,8,10,13,18H,4-5,11H2,1-3H3. The Labute approximate surface area is 114 Å². The predicted octanol–water partition coefficient (Wildman–Crippen LogP) is 1.69. The molecule has 1 amide bonds. The number of amides is 1. The molecule has 1 rings (SSSR count). The topological polar surface area (TPSA) is 53.4 Å². The predicted molar refractivity (Wildman–Crippen MR) is 74.7 cm³/mol. The normalized spacial score (nSPS) is 9.95. The highest BCUT2D eigenvalue weighted by atomic mass is 16.2. The van der Waals surface area contributed by atoms with Gasteiger partial charge in [-0.15, -0.1) is 0 Å². The zero-order valence-corrected chi connectivity index (χ0v) is 11.7. The molecule has 0 atom stereocenters. The fourth-order valence-electron chi connectivity index (χ4n) is 1.98. The Morgan fingerprint density at radius 2 is 2.16 bits per heavy atom. The van der Waals surface area contributed by atoms with Gasteiger partial charge in [-0.3, -0.25) is 4.79 Å². The average molecular weight is 260 g/mol. The second-order valence-electron chi connectivity index (χ2n) is 4.25. The van der Waals surface area contributed by atoms with Gasteiger partial charge >= 0.3 is 0 Å². The summed E-state index contributed by atoms with van der Waals surface area (Å²) in [6.07, 6.45) is 3.39. The summed E-state index contributed by atoms with van der Waals surface area (Å²) < 4.78 is 0. The molecule has 0 spiro atoms. The Morgan fingerprint density at radius 1 is 1.47 bits per heavy atom. The number of aliphatic hydroxyl groups excluding tert-OH is 1. The van der Waals surface area contributed by atoms with Crippen LogP contribution < -0.4 is 0 Å². The van der Waals surface area contributed by atoms with E-state index >= 15 is 0 Å². The van der Waals surface area contributed by atoms with Gasteiger partial charge in [-0.25, -0.2) is 4.98 Å². The van der Waals surface area contributed by atoms with Gasteiger partial charge in [0.15, 0.2) is 0 Å². The molecule has 1 N–H and O–H groups in total. The minimum Gasteiger partial charge on any atom is -0.384 e. The SMILES string of the molecule is CCC(CC)N(C)C(=O)c1ncccc1C#CCO. The second-order valence-corrected chi connectivity index (χ2v) is 4.25. The molecule has 0 aliphatic heterocycles. The fourth-order valence-corrected chi connectivity index (χ4v) is 1.98. The van der Waals surface area contributed by atoms with Gasteiger partial charge in [-0.1, -0.05) is 25.7 Å². The van der Waals surface area contributed by atoms with Crippen LogP contribution in [0.2, 0.25) is 0 Å². The molecule has 4 heteroatoms. The van der Waals surface area contributed by atoms with E-state index < -0.39 is 0 Å². The molecule has 0 unspecified atom stereocenters. The second kappa shape index (κ2) is 7.55. The first-order valence-electron chi connectivity index (χ1n) is 6.47. The number of carbonyl (C=O) groups excluding carboxylic acids is 1. The van der Waals surface area contributed by atoms with Gasteiger partial charge in [0.1, 0.15) is 12.3 Å². The molecule has 0 saturated heterocycles. The molecule has 0 fully saturated rings. The van der Waals surface area contributed by atoms with E-state index in [1.165, 1.54) is 0 Å². The monoisotopic (exact) mass is 260 g/mol. The summed E-state index contributed by atoms with van der Waals surface area (Å²) >= 11 is 0. The van der Waals surface area contributed by atoms with Crippen LogP contribution in [0.1, 0.15) is 42.7 Å². The highest BCUT2D eigenvalue weighted by Gasteiger charge is 2.21. The lowest BCUT2D eigenvalue weighted by Gasteiger charge is -2.26. The van der Waals surface area contributed by atoms with Crippen LogP contribution in [0.4, 0.5) is 0 Å². The van der Waals surface area contributed by atoms with E-state index in [0.717, 1.165) is 12.8 Å². The molecule has 19 heavy (non-hydrogen) atoms. The van der Waals surface area contributed by atoms with Crippen molar-refractivity contribution in [3.8, 4) is 11.8 Å². The molecule has 0 aromatic carbocycles. The number of hydrogen-bond donors (Lipinski definition) is 1. The van der Waals surface area contributed by atoms with Gasteiger partial charge in [-0.05, 0) is 25.0 Å². The molecule has 0 aliphatic rings. The summed E-state index contributed by atoms with van der Waals surface area (Å²) in [6, 6.07) is 3.67. The van der Waals surface area contributed by atoms with E-state index in [0.29, 0.717) is 11.3 Å². The third-order valence-electron chi connectivity index (χ3n) is 3.12. The molecule has 0 radical (unpaired) electrons. The van der Waals surface area contributed by atoms with E-state index in [-0.39, 0.29) is 18.6 Å². The van der Waals surface area contributed by atoms with Crippen LogP contribution >= 0.6 is 0 Å². The van der Waals surface area contributed by atoms with E-state index in [9.17, 15) is 4.79 Å². The number of pyridine rings is 1. The molecular formula is C15H20N2O2. The first-order chi connectivity index (χ1) is 9.15. The van der Waals surface area contributed by atoms with Gasteiger partial charge in [-0.2, -0.15) is 0 Å². The Hall–Kier alpha value is -1.86. The number of aliphatic hydroxyl groups is 1. The van der Waals surface area contributed by atoms with Crippen LogP contribution in [0.5, 0.6) is 0 Å². The Morgan fingerprint density at radius 3 is 2.74 bits per heavy atom. The Balaban J connectivity index is 3.05. The quantitative estimate of drug-likeness (QED) is 0.838. The van der Waals surface area contributed by atoms with Crippen LogP contribution in [0.15, 0.2) is 18.3 Å². The van der Waals surface area contributed by atoms with E-state index in [4.69, 9.17) is 5.11 Å². The summed E-state index contributed by atoms with van der Waals surface area (Å²) in [6.45, 7) is 3.89. The van der Waals surface area contributed by atoms with Crippen LogP contribution in [0, 0.1) is 11.8 Å². The summed E-state index contributed by atoms with van der Waals surface area (Å²) in [4.78, 5) is 18.3. The zero-order valence-electron chi connectivity index (χ0n) is 11.7. The van der Waals surface area contributed by atoms with Crippen molar-refractivity contribution in [1.82, 2.24) is 9.88 Å². The molecule has 1 aromatic rings. The van der Waals surface area contributed by atoms with Gasteiger partial charge in [0, 0.05) is 19.3 Å². The largest absolute Gasteiger partial charge is 0.384 e. The van der Waals surface area contributed by atoms with E-state index in [2.05, 4.69) is 30.7 Å². The van der Waals surface area contributed by atoms with Crippen molar-refractivity contribution in [2.75, 3.05) is 13.7 Å². The molecule has 0 bridgehead atoms. The zero-order chi connectivity index (χ0) is 14.3. The number of rotatable bonds is 4. The number of hydrogen-bond acceptors (Lipinski definition) is 3. The first kappa shape index (κ1) is 15.2. The minimum absolute atomic E-state index is 0.128. The van der Waals surface area contributed by atoms with Crippen LogP contribution in [-0.2, 0) is 0 Å².